The molecular formula is C18H19NO6S. The van der Waals surface area contributed by atoms with Crippen LogP contribution in [-0.2, 0) is 25.2 Å². The van der Waals surface area contributed by atoms with Crippen molar-refractivity contribution in [1.82, 2.24) is 0 Å². The average Bonchev–Trinajstić information content (AvgIpc) is 2.55. The van der Waals surface area contributed by atoms with Crippen LogP contribution in [0.3, 0.4) is 0 Å². The fourth-order valence-corrected chi connectivity index (χ4v) is 3.47. The third-order valence-corrected chi connectivity index (χ3v) is 4.69. The molecule has 0 bridgehead atoms. The highest BCUT2D eigenvalue weighted by molar-refractivity contribution is 7.86. The second kappa shape index (κ2) is 10.8. The van der Waals surface area contributed by atoms with E-state index in [0.717, 1.165) is 11.1 Å². The maximum atomic E-state index is 12.4. The Kier molecular flexibility index (Phi) is 8.72. The monoisotopic (exact) mass is 377 g/mol. The molecule has 0 fully saturated rings. The highest BCUT2D eigenvalue weighted by Crippen LogP contribution is 2.27. The Morgan fingerprint density at radius 1 is 0.846 bits per heavy atom. The number of amides is 1. The van der Waals surface area contributed by atoms with Gasteiger partial charge in [0.25, 0.3) is 0 Å². The van der Waals surface area contributed by atoms with Crippen molar-refractivity contribution >= 4 is 28.6 Å². The van der Waals surface area contributed by atoms with Crippen LogP contribution in [0.5, 0.6) is 0 Å². The van der Waals surface area contributed by atoms with Gasteiger partial charge in [-0.1, -0.05) is 60.7 Å². The lowest BCUT2D eigenvalue weighted by molar-refractivity contribution is -0.147. The lowest BCUT2D eigenvalue weighted by atomic mass is 10.0. The number of primary amides is 1. The van der Waals surface area contributed by atoms with E-state index in [1.165, 1.54) is 0 Å². The molecule has 0 saturated heterocycles. The zero-order valence-corrected chi connectivity index (χ0v) is 14.6. The minimum atomic E-state index is -1.36. The molecule has 0 aromatic heterocycles. The predicted octanol–water partition coefficient (Wildman–Crippen LogP) is 1.56. The molecule has 4 N–H and O–H groups in total. The fourth-order valence-electron chi connectivity index (χ4n) is 2.10. The van der Waals surface area contributed by atoms with Crippen molar-refractivity contribution in [2.24, 2.45) is 5.73 Å². The van der Waals surface area contributed by atoms with Crippen LogP contribution in [0.2, 0.25) is 0 Å². The summed E-state index contributed by atoms with van der Waals surface area (Å²) < 4.78 is 12.4. The van der Waals surface area contributed by atoms with E-state index >= 15 is 0 Å². The molecule has 0 heterocycles. The van der Waals surface area contributed by atoms with Gasteiger partial charge in [-0.05, 0) is 11.1 Å². The molecule has 0 aliphatic carbocycles. The van der Waals surface area contributed by atoms with Crippen LogP contribution in [0.15, 0.2) is 60.7 Å². The van der Waals surface area contributed by atoms with Gasteiger partial charge in [-0.15, -0.1) is 0 Å². The van der Waals surface area contributed by atoms with Gasteiger partial charge in [0, 0.05) is 10.8 Å². The van der Waals surface area contributed by atoms with E-state index in [-0.39, 0.29) is 11.0 Å². The molecule has 0 aliphatic rings. The van der Waals surface area contributed by atoms with Crippen molar-refractivity contribution in [2.45, 2.75) is 11.7 Å². The maximum absolute atomic E-state index is 12.4. The molecule has 0 radical (unpaired) electrons. The molecule has 26 heavy (non-hydrogen) atoms. The van der Waals surface area contributed by atoms with Crippen LogP contribution in [0.4, 0.5) is 0 Å². The molecule has 1 amide bonds. The Labute approximate surface area is 152 Å². The first kappa shape index (κ1) is 21.0. The first-order valence-corrected chi connectivity index (χ1v) is 8.88. The number of rotatable bonds is 7. The third kappa shape index (κ3) is 7.71. The standard InChI is InChI=1S/C15H15NO2S.C3H4O4/c16-14(17)11-19(18)15(12-7-3-1-4-8-12)13-9-5-2-6-10-13;4-2(5)1-3(6)7/h1-10,15H,11H2,(H2,16,17);1H2,(H,4,5)(H,6,7). The van der Waals surface area contributed by atoms with E-state index in [1.807, 2.05) is 60.7 Å². The summed E-state index contributed by atoms with van der Waals surface area (Å²) in [4.78, 5) is 29.9. The number of nitrogens with two attached hydrogens (primary N) is 1. The van der Waals surface area contributed by atoms with Crippen LogP contribution >= 0.6 is 0 Å². The van der Waals surface area contributed by atoms with Gasteiger partial charge in [0.1, 0.15) is 12.2 Å². The molecule has 7 nitrogen and oxygen atoms in total. The van der Waals surface area contributed by atoms with Gasteiger partial charge < -0.3 is 15.9 Å². The lowest BCUT2D eigenvalue weighted by Crippen LogP contribution is -2.23. The zero-order valence-electron chi connectivity index (χ0n) is 13.8. The van der Waals surface area contributed by atoms with E-state index in [0.29, 0.717) is 0 Å². The molecular weight excluding hydrogens is 358 g/mol. The lowest BCUT2D eigenvalue weighted by Gasteiger charge is -2.16. The highest BCUT2D eigenvalue weighted by Gasteiger charge is 2.22. The Bertz CT molecular complexity index is 712. The van der Waals surface area contributed by atoms with Gasteiger partial charge in [0.2, 0.25) is 5.91 Å². The maximum Gasteiger partial charge on any atom is 0.314 e. The number of carbonyl (C=O) groups excluding carboxylic acids is 1. The number of carboxylic acids is 2. The molecule has 2 aromatic rings. The zero-order chi connectivity index (χ0) is 19.5. The van der Waals surface area contributed by atoms with Crippen LogP contribution in [0.25, 0.3) is 0 Å². The summed E-state index contributed by atoms with van der Waals surface area (Å²) in [6.07, 6.45) is -0.806. The average molecular weight is 377 g/mol. The molecule has 2 rings (SSSR count). The molecule has 0 aliphatic heterocycles. The van der Waals surface area contributed by atoms with Crippen LogP contribution in [0, 0.1) is 0 Å². The number of hydrogen-bond donors (Lipinski definition) is 3. The second-order valence-corrected chi connectivity index (χ2v) is 6.68. The largest absolute Gasteiger partial charge is 0.481 e. The Morgan fingerprint density at radius 2 is 1.23 bits per heavy atom. The van der Waals surface area contributed by atoms with Gasteiger partial charge in [0.15, 0.2) is 0 Å². The van der Waals surface area contributed by atoms with Gasteiger partial charge >= 0.3 is 11.9 Å². The summed E-state index contributed by atoms with van der Waals surface area (Å²) >= 11 is 0. The summed E-state index contributed by atoms with van der Waals surface area (Å²) in [5.41, 5.74) is 7.00. The highest BCUT2D eigenvalue weighted by atomic mass is 32.2. The molecule has 0 spiro atoms. The number of hydrogen-bond acceptors (Lipinski definition) is 4. The molecule has 1 atom stereocenters. The molecule has 138 valence electrons. The number of aliphatic carboxylic acids is 2. The van der Waals surface area contributed by atoms with E-state index in [2.05, 4.69) is 0 Å². The molecule has 8 heteroatoms. The van der Waals surface area contributed by atoms with Crippen LogP contribution in [0.1, 0.15) is 22.8 Å². The summed E-state index contributed by atoms with van der Waals surface area (Å²) in [7, 11) is -1.36. The van der Waals surface area contributed by atoms with E-state index in [1.54, 1.807) is 0 Å². The third-order valence-electron chi connectivity index (χ3n) is 3.05. The van der Waals surface area contributed by atoms with E-state index in [9.17, 15) is 18.6 Å². The minimum absolute atomic E-state index is 0.131. The Balaban J connectivity index is 0.000000412. The molecule has 0 saturated carbocycles. The number of benzene rings is 2. The topological polar surface area (TPSA) is 135 Å². The van der Waals surface area contributed by atoms with Crippen LogP contribution < -0.4 is 5.73 Å². The summed E-state index contributed by atoms with van der Waals surface area (Å²) in [6, 6.07) is 19.0. The smallest absolute Gasteiger partial charge is 0.314 e. The summed E-state index contributed by atoms with van der Waals surface area (Å²) in [6.45, 7) is 0. The van der Waals surface area contributed by atoms with E-state index < -0.39 is 35.1 Å². The van der Waals surface area contributed by atoms with Crippen molar-refractivity contribution in [3.05, 3.63) is 71.8 Å². The Morgan fingerprint density at radius 3 is 1.50 bits per heavy atom. The first-order chi connectivity index (χ1) is 12.3. The van der Waals surface area contributed by atoms with Crippen molar-refractivity contribution in [2.75, 3.05) is 5.75 Å². The fraction of sp³-hybridized carbons (Fsp3) is 0.167. The number of carbonyl (C=O) groups is 3. The second-order valence-electron chi connectivity index (χ2n) is 5.16. The SMILES string of the molecule is NC(=O)CS(=O)C(c1ccccc1)c1ccccc1.O=C(O)CC(=O)O. The number of carboxylic acid groups (broad SMARTS) is 2. The van der Waals surface area contributed by atoms with Gasteiger partial charge in [-0.3, -0.25) is 18.6 Å². The normalized spacial score (nSPS) is 11.1. The molecule has 2 aromatic carbocycles. The van der Waals surface area contributed by atoms with Crippen molar-refractivity contribution in [3.63, 3.8) is 0 Å². The summed E-state index contributed by atoms with van der Waals surface area (Å²) in [5.74, 6) is -3.30. The van der Waals surface area contributed by atoms with Gasteiger partial charge in [0.05, 0.1) is 5.25 Å². The minimum Gasteiger partial charge on any atom is -0.481 e. The first-order valence-electron chi connectivity index (χ1n) is 7.50. The summed E-state index contributed by atoms with van der Waals surface area (Å²) in [5, 5.41) is 15.1. The van der Waals surface area contributed by atoms with Crippen LogP contribution in [-0.4, -0.2) is 38.0 Å². The van der Waals surface area contributed by atoms with Crippen molar-refractivity contribution in [1.29, 1.82) is 0 Å². The van der Waals surface area contributed by atoms with E-state index in [4.69, 9.17) is 15.9 Å². The van der Waals surface area contributed by atoms with Gasteiger partial charge in [-0.2, -0.15) is 0 Å². The Hall–Kier alpha value is -3.00. The van der Waals surface area contributed by atoms with Crippen molar-refractivity contribution in [3.8, 4) is 0 Å². The predicted molar refractivity (Wildman–Crippen MR) is 96.8 cm³/mol. The van der Waals surface area contributed by atoms with Crippen molar-refractivity contribution < 1.29 is 28.8 Å². The quantitative estimate of drug-likeness (QED) is 0.627. The molecule has 1 unspecified atom stereocenters. The van der Waals surface area contributed by atoms with Gasteiger partial charge in [-0.25, -0.2) is 0 Å².